The summed E-state index contributed by atoms with van der Waals surface area (Å²) in [5.41, 5.74) is 7.00. The SMILES string of the molecule is COCCC1(CNCc2cc(F)cc(/C(N)=N/O)c2)CC1. The van der Waals surface area contributed by atoms with Gasteiger partial charge in [0.05, 0.1) is 0 Å². The summed E-state index contributed by atoms with van der Waals surface area (Å²) in [6, 6.07) is 4.43. The molecular weight excluding hydrogens is 273 g/mol. The second-order valence-electron chi connectivity index (χ2n) is 5.68. The number of nitrogens with zero attached hydrogens (tertiary/aromatic N) is 1. The van der Waals surface area contributed by atoms with Gasteiger partial charge in [0.25, 0.3) is 0 Å². The molecule has 21 heavy (non-hydrogen) atoms. The Balaban J connectivity index is 1.90. The van der Waals surface area contributed by atoms with E-state index in [0.717, 1.165) is 25.1 Å². The first-order valence-electron chi connectivity index (χ1n) is 7.06. The summed E-state index contributed by atoms with van der Waals surface area (Å²) in [6.45, 7) is 2.22. The maximum atomic E-state index is 13.5. The molecule has 5 nitrogen and oxygen atoms in total. The Morgan fingerprint density at radius 3 is 2.86 bits per heavy atom. The highest BCUT2D eigenvalue weighted by molar-refractivity contribution is 5.97. The smallest absolute Gasteiger partial charge is 0.170 e. The molecule has 0 bridgehead atoms. The number of rotatable bonds is 8. The van der Waals surface area contributed by atoms with Crippen LogP contribution in [0.3, 0.4) is 0 Å². The maximum absolute atomic E-state index is 13.5. The number of nitrogens with two attached hydrogens (primary N) is 1. The Hall–Kier alpha value is -1.66. The van der Waals surface area contributed by atoms with Gasteiger partial charge in [0.1, 0.15) is 5.82 Å². The number of amidine groups is 1. The first-order chi connectivity index (χ1) is 10.1. The Kier molecular flexibility index (Phi) is 5.14. The minimum atomic E-state index is -0.392. The van der Waals surface area contributed by atoms with Crippen molar-refractivity contribution in [3.8, 4) is 0 Å². The molecule has 0 amide bonds. The summed E-state index contributed by atoms with van der Waals surface area (Å²) in [4.78, 5) is 0. The van der Waals surface area contributed by atoms with Gasteiger partial charge >= 0.3 is 0 Å². The van der Waals surface area contributed by atoms with Crippen LogP contribution in [0.2, 0.25) is 0 Å². The third kappa shape index (κ3) is 4.41. The van der Waals surface area contributed by atoms with Crippen LogP contribution in [0.1, 0.15) is 30.4 Å². The summed E-state index contributed by atoms with van der Waals surface area (Å²) in [6.07, 6.45) is 3.47. The number of hydrogen-bond donors (Lipinski definition) is 3. The van der Waals surface area contributed by atoms with Crippen LogP contribution in [0.5, 0.6) is 0 Å². The van der Waals surface area contributed by atoms with E-state index in [4.69, 9.17) is 15.7 Å². The van der Waals surface area contributed by atoms with Crippen molar-refractivity contribution in [3.63, 3.8) is 0 Å². The van der Waals surface area contributed by atoms with Crippen LogP contribution in [-0.2, 0) is 11.3 Å². The molecular formula is C15H22FN3O2. The fourth-order valence-corrected chi connectivity index (χ4v) is 2.44. The van der Waals surface area contributed by atoms with E-state index in [-0.39, 0.29) is 5.84 Å². The van der Waals surface area contributed by atoms with Gasteiger partial charge in [-0.2, -0.15) is 0 Å². The van der Waals surface area contributed by atoms with Crippen molar-refractivity contribution >= 4 is 5.84 Å². The van der Waals surface area contributed by atoms with Gasteiger partial charge in [-0.05, 0) is 48.4 Å². The maximum Gasteiger partial charge on any atom is 0.170 e. The average molecular weight is 295 g/mol. The van der Waals surface area contributed by atoms with E-state index < -0.39 is 5.82 Å². The van der Waals surface area contributed by atoms with Crippen molar-refractivity contribution in [2.24, 2.45) is 16.3 Å². The summed E-state index contributed by atoms with van der Waals surface area (Å²) in [7, 11) is 1.71. The number of ether oxygens (including phenoxy) is 1. The van der Waals surface area contributed by atoms with Crippen LogP contribution < -0.4 is 11.1 Å². The van der Waals surface area contributed by atoms with E-state index >= 15 is 0 Å². The third-order valence-corrected chi connectivity index (χ3v) is 3.98. The average Bonchev–Trinajstić information content (AvgIpc) is 3.24. The standard InChI is InChI=1S/C15H22FN3O2/c1-21-5-4-15(2-3-15)10-18-9-11-6-12(14(17)19-20)8-13(16)7-11/h6-8,18,20H,2-5,9-10H2,1H3,(H2,17,19). The summed E-state index contributed by atoms with van der Waals surface area (Å²) in [5, 5.41) is 14.9. The highest BCUT2D eigenvalue weighted by Gasteiger charge is 2.41. The lowest BCUT2D eigenvalue weighted by Gasteiger charge is -2.15. The molecule has 2 rings (SSSR count). The zero-order chi connectivity index (χ0) is 15.3. The molecule has 1 aliphatic carbocycles. The predicted molar refractivity (Wildman–Crippen MR) is 78.8 cm³/mol. The Morgan fingerprint density at radius 2 is 2.24 bits per heavy atom. The lowest BCUT2D eigenvalue weighted by molar-refractivity contribution is 0.171. The number of halogens is 1. The number of benzene rings is 1. The number of hydrogen-bond acceptors (Lipinski definition) is 4. The summed E-state index contributed by atoms with van der Waals surface area (Å²) >= 11 is 0. The van der Waals surface area contributed by atoms with Gasteiger partial charge in [0.15, 0.2) is 5.84 Å². The Morgan fingerprint density at radius 1 is 1.48 bits per heavy atom. The van der Waals surface area contributed by atoms with E-state index in [1.165, 1.54) is 25.0 Å². The molecule has 1 fully saturated rings. The number of methoxy groups -OCH3 is 1. The summed E-state index contributed by atoms with van der Waals surface area (Å²) in [5.74, 6) is -0.481. The van der Waals surface area contributed by atoms with E-state index in [9.17, 15) is 4.39 Å². The molecule has 1 aromatic rings. The van der Waals surface area contributed by atoms with Gasteiger partial charge in [-0.25, -0.2) is 4.39 Å². The molecule has 1 saturated carbocycles. The van der Waals surface area contributed by atoms with E-state index in [1.54, 1.807) is 13.2 Å². The minimum Gasteiger partial charge on any atom is -0.409 e. The van der Waals surface area contributed by atoms with E-state index in [2.05, 4.69) is 10.5 Å². The molecule has 0 spiro atoms. The van der Waals surface area contributed by atoms with Crippen molar-refractivity contribution in [1.82, 2.24) is 5.32 Å². The van der Waals surface area contributed by atoms with Crippen molar-refractivity contribution in [3.05, 3.63) is 35.1 Å². The van der Waals surface area contributed by atoms with Gasteiger partial charge in [-0.1, -0.05) is 5.16 Å². The Bertz CT molecular complexity index is 516. The lowest BCUT2D eigenvalue weighted by Crippen LogP contribution is -2.25. The lowest BCUT2D eigenvalue weighted by atomic mass is 10.0. The topological polar surface area (TPSA) is 79.9 Å². The van der Waals surface area contributed by atoms with Crippen molar-refractivity contribution in [1.29, 1.82) is 0 Å². The highest BCUT2D eigenvalue weighted by Crippen LogP contribution is 2.48. The van der Waals surface area contributed by atoms with Crippen LogP contribution in [0.15, 0.2) is 23.4 Å². The molecule has 116 valence electrons. The van der Waals surface area contributed by atoms with E-state index in [1.807, 2.05) is 0 Å². The number of oxime groups is 1. The van der Waals surface area contributed by atoms with Crippen LogP contribution in [0, 0.1) is 11.2 Å². The molecule has 0 atom stereocenters. The van der Waals surface area contributed by atoms with E-state index in [0.29, 0.717) is 17.5 Å². The van der Waals surface area contributed by atoms with Crippen molar-refractivity contribution in [2.45, 2.75) is 25.8 Å². The van der Waals surface area contributed by atoms with Crippen LogP contribution in [-0.4, -0.2) is 31.3 Å². The normalized spacial score (nSPS) is 17.0. The second-order valence-corrected chi connectivity index (χ2v) is 5.68. The van der Waals surface area contributed by atoms with Gasteiger partial charge in [0, 0.05) is 32.4 Å². The monoisotopic (exact) mass is 295 g/mol. The molecule has 0 heterocycles. The van der Waals surface area contributed by atoms with Gasteiger partial charge in [0.2, 0.25) is 0 Å². The molecule has 0 aliphatic heterocycles. The summed E-state index contributed by atoms with van der Waals surface area (Å²) < 4.78 is 18.7. The number of nitrogens with one attached hydrogen (secondary N) is 1. The molecule has 0 radical (unpaired) electrons. The van der Waals surface area contributed by atoms with Crippen LogP contribution in [0.4, 0.5) is 4.39 Å². The van der Waals surface area contributed by atoms with Crippen molar-refractivity contribution in [2.75, 3.05) is 20.3 Å². The third-order valence-electron chi connectivity index (χ3n) is 3.98. The minimum absolute atomic E-state index is 0.0884. The fourth-order valence-electron chi connectivity index (χ4n) is 2.44. The predicted octanol–water partition coefficient (Wildman–Crippen LogP) is 1.83. The zero-order valence-electron chi connectivity index (χ0n) is 12.2. The van der Waals surface area contributed by atoms with Crippen molar-refractivity contribution < 1.29 is 14.3 Å². The van der Waals surface area contributed by atoms with Gasteiger partial charge in [-0.15, -0.1) is 0 Å². The molecule has 1 aliphatic rings. The van der Waals surface area contributed by atoms with Gasteiger partial charge in [-0.3, -0.25) is 0 Å². The molecule has 0 saturated heterocycles. The molecule has 0 aromatic heterocycles. The van der Waals surface area contributed by atoms with Gasteiger partial charge < -0.3 is 21.0 Å². The van der Waals surface area contributed by atoms with Crippen LogP contribution in [0.25, 0.3) is 0 Å². The quantitative estimate of drug-likeness (QED) is 0.296. The highest BCUT2D eigenvalue weighted by atomic mass is 19.1. The first-order valence-corrected chi connectivity index (χ1v) is 7.06. The molecule has 1 aromatic carbocycles. The Labute approximate surface area is 124 Å². The fraction of sp³-hybridized carbons (Fsp3) is 0.533. The zero-order valence-corrected chi connectivity index (χ0v) is 12.2. The first kappa shape index (κ1) is 15.7. The van der Waals surface area contributed by atoms with Crippen LogP contribution >= 0.6 is 0 Å². The molecule has 4 N–H and O–H groups in total. The molecule has 6 heteroatoms. The second kappa shape index (κ2) is 6.87. The largest absolute Gasteiger partial charge is 0.409 e. The molecule has 0 unspecified atom stereocenters.